The number of hydrogen-bond acceptors (Lipinski definition) is 3. The van der Waals surface area contributed by atoms with Crippen LogP contribution in [0.1, 0.15) is 0 Å². The number of nitrogens with zero attached hydrogens (tertiary/aromatic N) is 4. The number of ether oxygens (including phenoxy) is 3. The Kier molecular flexibility index (Phi) is 7.31. The lowest BCUT2D eigenvalue weighted by atomic mass is 9.34. The molecule has 74 heavy (non-hydrogen) atoms. The smallest absolute Gasteiger partial charge is 0.270 e. The van der Waals surface area contributed by atoms with E-state index in [0.29, 0.717) is 0 Å². The molecule has 0 fully saturated rings. The van der Waals surface area contributed by atoms with Gasteiger partial charge >= 0.3 is 0 Å². The topological polar surface area (TPSA) is 47.4 Å². The molecule has 0 spiro atoms. The van der Waals surface area contributed by atoms with Gasteiger partial charge in [0.05, 0.1) is 61.2 Å². The molecule has 3 aliphatic heterocycles. The van der Waals surface area contributed by atoms with Crippen LogP contribution in [0.2, 0.25) is 0 Å². The second kappa shape index (κ2) is 13.9. The van der Waals surface area contributed by atoms with E-state index in [9.17, 15) is 0 Å². The molecule has 7 nitrogen and oxygen atoms in total. The van der Waals surface area contributed by atoms with Crippen molar-refractivity contribution < 1.29 is 14.2 Å². The van der Waals surface area contributed by atoms with Crippen LogP contribution in [-0.4, -0.2) is 25.0 Å². The van der Waals surface area contributed by atoms with Crippen LogP contribution < -0.4 is 30.6 Å². The lowest BCUT2D eigenvalue weighted by Crippen LogP contribution is -2.59. The van der Waals surface area contributed by atoms with Crippen molar-refractivity contribution in [1.29, 1.82) is 0 Å². The van der Waals surface area contributed by atoms with Gasteiger partial charge in [0, 0.05) is 102 Å². The van der Waals surface area contributed by atoms with Gasteiger partial charge in [-0.3, -0.25) is 0 Å². The SMILES string of the molecule is c1ccc2c(c1)c1ccccc1n2-c1cc2c3c(c1)Oc1cc(-n4c5ccccc5c5cc(-n6c7ccccc7c7ccccc76)ccc54)cc4c1B3c1c(cc(-n3c5ccccc5c5ccccc53)cc1O4)O2. The Labute approximate surface area is 422 Å². The summed E-state index contributed by atoms with van der Waals surface area (Å²) in [5, 5.41) is 9.58. The van der Waals surface area contributed by atoms with E-state index in [4.69, 9.17) is 14.2 Å². The monoisotopic (exact) mass is 944 g/mol. The van der Waals surface area contributed by atoms with E-state index in [1.807, 2.05) is 0 Å². The van der Waals surface area contributed by atoms with Crippen molar-refractivity contribution in [1.82, 2.24) is 18.3 Å². The number of hydrogen-bond donors (Lipinski definition) is 0. The van der Waals surface area contributed by atoms with Crippen molar-refractivity contribution in [2.24, 2.45) is 0 Å². The molecule has 4 aromatic heterocycles. The second-order valence-electron chi connectivity index (χ2n) is 20.0. The first-order chi connectivity index (χ1) is 36.7. The Morgan fingerprint density at radius 2 is 0.446 bits per heavy atom. The maximum atomic E-state index is 7.31. The van der Waals surface area contributed by atoms with Gasteiger partial charge in [0.25, 0.3) is 6.71 Å². The minimum Gasteiger partial charge on any atom is -0.458 e. The highest BCUT2D eigenvalue weighted by atomic mass is 16.5. The molecule has 342 valence electrons. The Morgan fingerprint density at radius 1 is 0.216 bits per heavy atom. The van der Waals surface area contributed by atoms with Crippen LogP contribution in [0.15, 0.2) is 224 Å². The van der Waals surface area contributed by atoms with Crippen LogP contribution in [0.3, 0.4) is 0 Å². The van der Waals surface area contributed by atoms with Gasteiger partial charge in [-0.1, -0.05) is 127 Å². The van der Waals surface area contributed by atoms with Gasteiger partial charge in [-0.25, -0.2) is 0 Å². The van der Waals surface area contributed by atoms with E-state index in [0.717, 1.165) is 112 Å². The molecule has 8 heteroatoms. The van der Waals surface area contributed by atoms with Crippen LogP contribution in [0.25, 0.3) is 110 Å². The summed E-state index contributed by atoms with van der Waals surface area (Å²) >= 11 is 0. The summed E-state index contributed by atoms with van der Waals surface area (Å²) in [4.78, 5) is 0. The van der Waals surface area contributed by atoms with Crippen molar-refractivity contribution in [3.05, 3.63) is 224 Å². The molecule has 0 saturated heterocycles. The first-order valence-electron chi connectivity index (χ1n) is 25.3. The van der Waals surface area contributed by atoms with Gasteiger partial charge in [0.15, 0.2) is 0 Å². The largest absolute Gasteiger partial charge is 0.458 e. The third-order valence-electron chi connectivity index (χ3n) is 16.2. The summed E-state index contributed by atoms with van der Waals surface area (Å²) in [5.74, 6) is 4.60. The summed E-state index contributed by atoms with van der Waals surface area (Å²) in [7, 11) is 0. The summed E-state index contributed by atoms with van der Waals surface area (Å²) in [6, 6.07) is 80.8. The van der Waals surface area contributed by atoms with Gasteiger partial charge in [-0.05, 0) is 60.7 Å². The highest BCUT2D eigenvalue weighted by Gasteiger charge is 2.47. The minimum atomic E-state index is -0.202. The van der Waals surface area contributed by atoms with E-state index < -0.39 is 0 Å². The van der Waals surface area contributed by atoms with Gasteiger partial charge < -0.3 is 32.5 Å². The predicted octanol–water partition coefficient (Wildman–Crippen LogP) is 14.9. The predicted molar refractivity (Wildman–Crippen MR) is 302 cm³/mol. The molecule has 0 unspecified atom stereocenters. The number of aromatic nitrogens is 4. The summed E-state index contributed by atoms with van der Waals surface area (Å²) in [6.07, 6.45) is 0. The molecule has 0 N–H and O–H groups in total. The van der Waals surface area contributed by atoms with Crippen molar-refractivity contribution in [3.8, 4) is 57.2 Å². The zero-order valence-electron chi connectivity index (χ0n) is 39.5. The quantitative estimate of drug-likeness (QED) is 0.165. The molecule has 0 radical (unpaired) electrons. The molecule has 0 saturated carbocycles. The van der Waals surface area contributed by atoms with Crippen molar-refractivity contribution in [3.63, 3.8) is 0 Å². The molecule has 18 rings (SSSR count). The average molecular weight is 945 g/mol. The molecule has 11 aromatic carbocycles. The van der Waals surface area contributed by atoms with E-state index in [1.165, 1.54) is 48.7 Å². The van der Waals surface area contributed by atoms with E-state index in [2.05, 4.69) is 243 Å². The Morgan fingerprint density at radius 3 is 0.730 bits per heavy atom. The zero-order valence-corrected chi connectivity index (χ0v) is 39.5. The summed E-state index contributed by atoms with van der Waals surface area (Å²) in [6.45, 7) is -0.202. The molecule has 0 aliphatic carbocycles. The first kappa shape index (κ1) is 38.8. The van der Waals surface area contributed by atoms with Crippen molar-refractivity contribution in [2.75, 3.05) is 0 Å². The Bertz CT molecular complexity index is 4680. The maximum Gasteiger partial charge on any atom is 0.270 e. The number of para-hydroxylation sites is 7. The Hall–Kier alpha value is -9.92. The fourth-order valence-electron chi connectivity index (χ4n) is 13.3. The van der Waals surface area contributed by atoms with E-state index in [1.54, 1.807) is 0 Å². The number of rotatable bonds is 4. The van der Waals surface area contributed by atoms with Gasteiger partial charge in [-0.2, -0.15) is 0 Å². The molecular formula is C66H37BN4O3. The third-order valence-corrected chi connectivity index (χ3v) is 16.2. The molecular weight excluding hydrogens is 908 g/mol. The molecule has 15 aromatic rings. The minimum absolute atomic E-state index is 0.202. The second-order valence-corrected chi connectivity index (χ2v) is 20.0. The van der Waals surface area contributed by atoms with E-state index in [-0.39, 0.29) is 6.71 Å². The maximum absolute atomic E-state index is 7.31. The highest BCUT2D eigenvalue weighted by molar-refractivity contribution is 6.99. The molecule has 0 atom stereocenters. The normalized spacial score (nSPS) is 13.2. The van der Waals surface area contributed by atoms with Gasteiger partial charge in [-0.15, -0.1) is 0 Å². The van der Waals surface area contributed by atoms with Crippen LogP contribution in [0.5, 0.6) is 34.5 Å². The lowest BCUT2D eigenvalue weighted by molar-refractivity contribution is 0.442. The third kappa shape index (κ3) is 4.96. The van der Waals surface area contributed by atoms with Crippen molar-refractivity contribution >= 4 is 110 Å². The van der Waals surface area contributed by atoms with Gasteiger partial charge in [0.1, 0.15) is 34.5 Å². The number of benzene rings is 11. The van der Waals surface area contributed by atoms with Crippen LogP contribution in [0.4, 0.5) is 0 Å². The fraction of sp³-hybridized carbons (Fsp3) is 0. The van der Waals surface area contributed by atoms with E-state index >= 15 is 0 Å². The Balaban J connectivity index is 0.886. The van der Waals surface area contributed by atoms with Crippen LogP contribution in [0, 0.1) is 0 Å². The van der Waals surface area contributed by atoms with Crippen molar-refractivity contribution in [2.45, 2.75) is 0 Å². The zero-order chi connectivity index (χ0) is 47.9. The summed E-state index contributed by atoms with van der Waals surface area (Å²) < 4.78 is 31.3. The van der Waals surface area contributed by atoms with Crippen LogP contribution in [-0.2, 0) is 0 Å². The fourth-order valence-corrected chi connectivity index (χ4v) is 13.3. The molecule has 7 heterocycles. The standard InChI is InChI=1S/C66H37BN4O3/c1-8-22-50-42(15-1)43-16-2-9-23-51(43)68(50)38-29-30-57-49(31-38)48-21-7-14-28-56(48)71(57)41-36-62-66-63(37-41)74-61-35-40(70-54-26-12-5-19-46(54)47-20-6-13-27-55(47)70)33-59-65(61)67(66)64-58(72-59)32-39(34-60(64)73-62)69-52-24-10-3-17-44(52)45-18-4-11-25-53(45)69/h1-37H. The number of fused-ring (bicyclic) bond motifs is 12. The lowest BCUT2D eigenvalue weighted by Gasteiger charge is -2.38. The molecule has 0 amide bonds. The average Bonchev–Trinajstić information content (AvgIpc) is 4.23. The summed E-state index contributed by atoms with van der Waals surface area (Å²) in [5.41, 5.74) is 16.0. The highest BCUT2D eigenvalue weighted by Crippen LogP contribution is 2.47. The van der Waals surface area contributed by atoms with Gasteiger partial charge in [0.2, 0.25) is 0 Å². The molecule has 3 aliphatic rings. The molecule has 0 bridgehead atoms. The first-order valence-corrected chi connectivity index (χ1v) is 25.3. The van der Waals surface area contributed by atoms with Crippen LogP contribution >= 0.6 is 0 Å².